The van der Waals surface area contributed by atoms with E-state index in [1.807, 2.05) is 7.11 Å². The van der Waals surface area contributed by atoms with Gasteiger partial charge < -0.3 is 19.5 Å². The molecular weight excluding hydrogens is 404 g/mol. The van der Waals surface area contributed by atoms with Gasteiger partial charge in [-0.05, 0) is 62.6 Å². The number of hydrogen-bond donors (Lipinski definition) is 1. The van der Waals surface area contributed by atoms with Crippen molar-refractivity contribution in [2.75, 3.05) is 20.8 Å². The molecule has 1 N–H and O–H groups in total. The molecular formula is C26H36N2O4. The van der Waals surface area contributed by atoms with Crippen LogP contribution in [-0.2, 0) is 16.6 Å². The van der Waals surface area contributed by atoms with Gasteiger partial charge in [0.25, 0.3) is 0 Å². The molecule has 0 radical (unpaired) electrons. The van der Waals surface area contributed by atoms with Crippen LogP contribution in [-0.4, -0.2) is 44.1 Å². The Morgan fingerprint density at radius 3 is 2.59 bits per heavy atom. The van der Waals surface area contributed by atoms with Crippen molar-refractivity contribution in [3.63, 3.8) is 0 Å². The number of ether oxygens (including phenoxy) is 3. The molecule has 4 aliphatic carbocycles. The molecule has 7 atom stereocenters. The maximum absolute atomic E-state index is 12.6. The summed E-state index contributed by atoms with van der Waals surface area (Å²) in [5.41, 5.74) is 1.06. The summed E-state index contributed by atoms with van der Waals surface area (Å²) in [5, 5.41) is 7.76. The molecule has 0 amide bonds. The lowest BCUT2D eigenvalue weighted by Gasteiger charge is -2.74. The number of rotatable bonds is 4. The average molecular weight is 441 g/mol. The van der Waals surface area contributed by atoms with Crippen LogP contribution in [0.5, 0.6) is 11.5 Å². The molecule has 4 bridgehead atoms. The molecule has 1 aromatic rings. The second-order valence-corrected chi connectivity index (χ2v) is 12.1. The fourth-order valence-electron chi connectivity index (χ4n) is 8.88. The predicted molar refractivity (Wildman–Crippen MR) is 122 cm³/mol. The summed E-state index contributed by atoms with van der Waals surface area (Å²) in [6, 6.07) is 4.67. The third-order valence-corrected chi connectivity index (χ3v) is 10.8. The lowest BCUT2D eigenvalue weighted by atomic mass is 9.33. The molecule has 3 saturated carbocycles. The van der Waals surface area contributed by atoms with Crippen LogP contribution in [0.2, 0.25) is 0 Å². The van der Waals surface area contributed by atoms with Crippen LogP contribution in [0.3, 0.4) is 0 Å². The van der Waals surface area contributed by atoms with Crippen molar-refractivity contribution in [3.8, 4) is 11.5 Å². The summed E-state index contributed by atoms with van der Waals surface area (Å²) in [6.45, 7) is 9.45. The van der Waals surface area contributed by atoms with Crippen LogP contribution in [0.4, 0.5) is 0 Å². The van der Waals surface area contributed by atoms with E-state index in [1.54, 1.807) is 7.11 Å². The molecule has 7 unspecified atom stereocenters. The number of piperidine rings is 1. The van der Waals surface area contributed by atoms with Crippen LogP contribution < -0.4 is 14.8 Å². The maximum Gasteiger partial charge on any atom is 0.165 e. The molecule has 6 heteroatoms. The third-order valence-electron chi connectivity index (χ3n) is 10.8. The third kappa shape index (κ3) is 1.95. The lowest BCUT2D eigenvalue weighted by molar-refractivity contribution is -0.279. The predicted octanol–water partition coefficient (Wildman–Crippen LogP) is 4.37. The van der Waals surface area contributed by atoms with Gasteiger partial charge in [-0.25, -0.2) is 0 Å². The molecule has 174 valence electrons. The lowest BCUT2D eigenvalue weighted by Crippen LogP contribution is -2.82. The first-order chi connectivity index (χ1) is 15.1. The van der Waals surface area contributed by atoms with E-state index < -0.39 is 11.1 Å². The van der Waals surface area contributed by atoms with Crippen molar-refractivity contribution in [2.24, 2.45) is 21.9 Å². The van der Waals surface area contributed by atoms with Crippen molar-refractivity contribution in [1.29, 1.82) is 0 Å². The molecule has 32 heavy (non-hydrogen) atoms. The molecule has 2 spiro atoms. The van der Waals surface area contributed by atoms with E-state index >= 15 is 0 Å². The fourth-order valence-corrected chi connectivity index (χ4v) is 8.88. The highest BCUT2D eigenvalue weighted by Crippen LogP contribution is 2.77. The van der Waals surface area contributed by atoms with Crippen molar-refractivity contribution in [3.05, 3.63) is 28.2 Å². The smallest absolute Gasteiger partial charge is 0.165 e. The van der Waals surface area contributed by atoms with Gasteiger partial charge in [0.1, 0.15) is 17.2 Å². The number of methoxy groups -OCH3 is 2. The van der Waals surface area contributed by atoms with Crippen molar-refractivity contribution in [1.82, 2.24) is 5.32 Å². The summed E-state index contributed by atoms with van der Waals surface area (Å²) in [4.78, 5) is 12.6. The quantitative estimate of drug-likeness (QED) is 0.704. The molecule has 6 nitrogen and oxygen atoms in total. The van der Waals surface area contributed by atoms with Gasteiger partial charge in [0, 0.05) is 35.5 Å². The highest BCUT2D eigenvalue weighted by molar-refractivity contribution is 5.63. The molecule has 4 fully saturated rings. The fraction of sp³-hybridized carbons (Fsp3) is 0.769. The van der Waals surface area contributed by atoms with Gasteiger partial charge in [0.2, 0.25) is 0 Å². The minimum absolute atomic E-state index is 0.0198. The van der Waals surface area contributed by atoms with E-state index in [-0.39, 0.29) is 28.3 Å². The normalized spacial score (nSPS) is 42.6. The van der Waals surface area contributed by atoms with E-state index in [2.05, 4.69) is 50.3 Å². The van der Waals surface area contributed by atoms with Gasteiger partial charge in [-0.15, -0.1) is 0 Å². The van der Waals surface area contributed by atoms with E-state index in [1.165, 1.54) is 11.1 Å². The Morgan fingerprint density at radius 2 is 1.94 bits per heavy atom. The van der Waals surface area contributed by atoms with E-state index in [0.717, 1.165) is 50.1 Å². The zero-order valence-corrected chi connectivity index (χ0v) is 20.2. The highest BCUT2D eigenvalue weighted by Gasteiger charge is 2.82. The van der Waals surface area contributed by atoms with Gasteiger partial charge in [0.15, 0.2) is 11.5 Å². The topological polar surface area (TPSA) is 69.1 Å². The number of nitroso groups, excluding NO2 is 1. The largest absolute Gasteiger partial charge is 0.493 e. The number of nitrogens with one attached hydrogen (secondary N) is 1. The zero-order chi connectivity index (χ0) is 22.7. The van der Waals surface area contributed by atoms with E-state index in [0.29, 0.717) is 6.04 Å². The highest BCUT2D eigenvalue weighted by atomic mass is 16.6. The Labute approximate surface area is 190 Å². The molecule has 7 rings (SSSR count). The van der Waals surface area contributed by atoms with Gasteiger partial charge in [0.05, 0.1) is 7.11 Å². The Bertz CT molecular complexity index is 1000. The van der Waals surface area contributed by atoms with Crippen molar-refractivity contribution < 1.29 is 14.2 Å². The summed E-state index contributed by atoms with van der Waals surface area (Å²) in [7, 11) is 3.54. The Balaban J connectivity index is 1.65. The Hall–Kier alpha value is -1.66. The van der Waals surface area contributed by atoms with E-state index in [4.69, 9.17) is 14.2 Å². The number of fused-ring (bicyclic) bond motifs is 2. The number of hydrogen-bond acceptors (Lipinski definition) is 6. The number of benzene rings is 1. The molecule has 0 aromatic heterocycles. The van der Waals surface area contributed by atoms with Crippen LogP contribution in [0.15, 0.2) is 17.3 Å². The molecule has 6 aliphatic rings. The zero-order valence-electron chi connectivity index (χ0n) is 20.2. The minimum atomic E-state index is -0.769. The first-order valence-corrected chi connectivity index (χ1v) is 12.2. The van der Waals surface area contributed by atoms with Crippen LogP contribution in [0.1, 0.15) is 64.5 Å². The van der Waals surface area contributed by atoms with Crippen molar-refractivity contribution in [2.45, 2.75) is 88.5 Å². The van der Waals surface area contributed by atoms with Crippen molar-refractivity contribution >= 4 is 0 Å². The average Bonchev–Trinajstić information content (AvgIpc) is 3.13. The molecule has 1 aromatic carbocycles. The van der Waals surface area contributed by atoms with Crippen LogP contribution in [0.25, 0.3) is 0 Å². The van der Waals surface area contributed by atoms with E-state index in [9.17, 15) is 4.91 Å². The molecule has 2 aliphatic heterocycles. The maximum atomic E-state index is 12.6. The standard InChI is InChI=1S/C26H36N2O4/c1-22(2,3)23(4,28-29)17-14-24-9-10-26(17,31-6)21-25(24)11-12-27-18(24)13-15-7-8-16(30-5)20(32-21)19(15)25/h7-8,17-18,21,27H,9-14H2,1-6H3. The Morgan fingerprint density at radius 1 is 1.16 bits per heavy atom. The first-order valence-electron chi connectivity index (χ1n) is 12.2. The molecule has 2 heterocycles. The number of nitrogens with zero attached hydrogens (tertiary/aromatic N) is 1. The SMILES string of the molecule is COc1ccc2c3c1OC1C4(OC)CCC5(CC4C(C)(N=O)C(C)(C)C)C(C2)NCCC315. The van der Waals surface area contributed by atoms with Gasteiger partial charge >= 0.3 is 0 Å². The van der Waals surface area contributed by atoms with Gasteiger partial charge in [-0.1, -0.05) is 32.0 Å². The van der Waals surface area contributed by atoms with Crippen LogP contribution in [0, 0.1) is 21.7 Å². The summed E-state index contributed by atoms with van der Waals surface area (Å²) in [5.74, 6) is 1.71. The second kappa shape index (κ2) is 6.06. The monoisotopic (exact) mass is 440 g/mol. The summed E-state index contributed by atoms with van der Waals surface area (Å²) in [6.07, 6.45) is 4.81. The Kier molecular flexibility index (Phi) is 3.96. The molecule has 1 saturated heterocycles. The van der Waals surface area contributed by atoms with Gasteiger partial charge in [-0.3, -0.25) is 0 Å². The van der Waals surface area contributed by atoms with Crippen LogP contribution >= 0.6 is 0 Å². The van der Waals surface area contributed by atoms with Gasteiger partial charge in [-0.2, -0.15) is 4.91 Å². The summed E-state index contributed by atoms with van der Waals surface area (Å²) >= 11 is 0. The summed E-state index contributed by atoms with van der Waals surface area (Å²) < 4.78 is 19.3. The first kappa shape index (κ1) is 20.9. The minimum Gasteiger partial charge on any atom is -0.493 e. The second-order valence-electron chi connectivity index (χ2n) is 12.1.